The molecule has 1 aliphatic rings. The number of aromatic nitrogens is 2. The molecule has 0 spiro atoms. The van der Waals surface area contributed by atoms with Gasteiger partial charge >= 0.3 is 6.01 Å². The van der Waals surface area contributed by atoms with Crippen LogP contribution in [0.25, 0.3) is 0 Å². The molecule has 1 aromatic carbocycles. The van der Waals surface area contributed by atoms with Crippen LogP contribution in [0.15, 0.2) is 36.7 Å². The van der Waals surface area contributed by atoms with Gasteiger partial charge in [-0.1, -0.05) is 35.3 Å². The molecule has 0 unspecified atom stereocenters. The maximum Gasteiger partial charge on any atom is 0.316 e. The summed E-state index contributed by atoms with van der Waals surface area (Å²) >= 11 is 11.7. The number of ether oxygens (including phenoxy) is 1. The minimum Gasteiger partial charge on any atom is -0.460 e. The van der Waals surface area contributed by atoms with Crippen LogP contribution in [0.3, 0.4) is 0 Å². The standard InChI is InChI=1S/C16H17Cl2N3O/c17-13-3-1-12(2-4-13)11-21-7-5-15(6-8-21)22-16-19-9-14(18)10-20-16/h1-4,9-10,15H,5-8,11H2. The van der Waals surface area contributed by atoms with E-state index in [4.69, 9.17) is 27.9 Å². The molecule has 1 aromatic heterocycles. The predicted octanol–water partition coefficient (Wildman–Crippen LogP) is 3.83. The number of benzene rings is 1. The Balaban J connectivity index is 1.47. The topological polar surface area (TPSA) is 38.2 Å². The van der Waals surface area contributed by atoms with E-state index in [1.54, 1.807) is 12.4 Å². The van der Waals surface area contributed by atoms with Crippen LogP contribution in [0.2, 0.25) is 10.0 Å². The van der Waals surface area contributed by atoms with Gasteiger partial charge in [0.15, 0.2) is 0 Å². The van der Waals surface area contributed by atoms with E-state index >= 15 is 0 Å². The number of nitrogens with zero attached hydrogens (tertiary/aromatic N) is 3. The summed E-state index contributed by atoms with van der Waals surface area (Å²) < 4.78 is 5.80. The molecule has 0 saturated carbocycles. The van der Waals surface area contributed by atoms with Crippen molar-refractivity contribution in [3.63, 3.8) is 0 Å². The molecule has 0 atom stereocenters. The monoisotopic (exact) mass is 337 g/mol. The van der Waals surface area contributed by atoms with Crippen LogP contribution in [0.1, 0.15) is 18.4 Å². The van der Waals surface area contributed by atoms with Gasteiger partial charge in [-0.2, -0.15) is 0 Å². The second-order valence-electron chi connectivity index (χ2n) is 5.40. The minimum absolute atomic E-state index is 0.169. The lowest BCUT2D eigenvalue weighted by molar-refractivity contribution is 0.0892. The summed E-state index contributed by atoms with van der Waals surface area (Å²) in [5.74, 6) is 0. The lowest BCUT2D eigenvalue weighted by Gasteiger charge is -2.31. The molecule has 3 rings (SSSR count). The number of hydrogen-bond donors (Lipinski definition) is 0. The number of halogens is 2. The maximum atomic E-state index is 5.91. The molecule has 0 bridgehead atoms. The van der Waals surface area contributed by atoms with Crippen molar-refractivity contribution in [2.75, 3.05) is 13.1 Å². The summed E-state index contributed by atoms with van der Waals surface area (Å²) in [5, 5.41) is 1.30. The highest BCUT2D eigenvalue weighted by molar-refractivity contribution is 6.30. The van der Waals surface area contributed by atoms with Gasteiger partial charge in [-0.3, -0.25) is 4.90 Å². The summed E-state index contributed by atoms with van der Waals surface area (Å²) in [5.41, 5.74) is 1.28. The van der Waals surface area contributed by atoms with Gasteiger partial charge in [-0.15, -0.1) is 0 Å². The maximum absolute atomic E-state index is 5.91. The van der Waals surface area contributed by atoms with Crippen LogP contribution in [-0.4, -0.2) is 34.1 Å². The van der Waals surface area contributed by atoms with Crippen LogP contribution in [0.5, 0.6) is 6.01 Å². The van der Waals surface area contributed by atoms with Crippen LogP contribution >= 0.6 is 23.2 Å². The van der Waals surface area contributed by atoms with Crippen molar-refractivity contribution in [3.8, 4) is 6.01 Å². The van der Waals surface area contributed by atoms with E-state index in [9.17, 15) is 0 Å². The van der Waals surface area contributed by atoms with E-state index in [2.05, 4.69) is 27.0 Å². The first kappa shape index (κ1) is 15.5. The first-order valence-electron chi connectivity index (χ1n) is 7.30. The molecule has 6 heteroatoms. The summed E-state index contributed by atoms with van der Waals surface area (Å²) in [7, 11) is 0. The summed E-state index contributed by atoms with van der Waals surface area (Å²) in [6.07, 6.45) is 5.22. The third kappa shape index (κ3) is 4.32. The zero-order chi connectivity index (χ0) is 15.4. The smallest absolute Gasteiger partial charge is 0.316 e. The average Bonchev–Trinajstić information content (AvgIpc) is 2.54. The molecule has 116 valence electrons. The lowest BCUT2D eigenvalue weighted by atomic mass is 10.1. The van der Waals surface area contributed by atoms with Gasteiger partial charge in [0.1, 0.15) is 6.10 Å². The van der Waals surface area contributed by atoms with Gasteiger partial charge in [-0.25, -0.2) is 9.97 Å². The Morgan fingerprint density at radius 1 is 1.00 bits per heavy atom. The Labute approximate surface area is 140 Å². The van der Waals surface area contributed by atoms with Gasteiger partial charge in [0, 0.05) is 24.7 Å². The fourth-order valence-electron chi connectivity index (χ4n) is 2.54. The van der Waals surface area contributed by atoms with E-state index in [1.165, 1.54) is 5.56 Å². The lowest BCUT2D eigenvalue weighted by Crippen LogP contribution is -2.38. The van der Waals surface area contributed by atoms with Crippen molar-refractivity contribution >= 4 is 23.2 Å². The highest BCUT2D eigenvalue weighted by Gasteiger charge is 2.21. The third-order valence-electron chi connectivity index (χ3n) is 3.72. The van der Waals surface area contributed by atoms with Crippen LogP contribution in [-0.2, 0) is 6.54 Å². The van der Waals surface area contributed by atoms with Crippen molar-refractivity contribution in [1.29, 1.82) is 0 Å². The summed E-state index contributed by atoms with van der Waals surface area (Å²) in [4.78, 5) is 10.6. The first-order valence-corrected chi connectivity index (χ1v) is 8.05. The number of hydrogen-bond acceptors (Lipinski definition) is 4. The Morgan fingerprint density at radius 3 is 2.27 bits per heavy atom. The van der Waals surface area contributed by atoms with Crippen LogP contribution in [0, 0.1) is 0 Å². The van der Waals surface area contributed by atoms with Crippen molar-refractivity contribution in [1.82, 2.24) is 14.9 Å². The number of likely N-dealkylation sites (tertiary alicyclic amines) is 1. The normalized spacial score (nSPS) is 16.6. The van der Waals surface area contributed by atoms with Crippen molar-refractivity contribution < 1.29 is 4.74 Å². The van der Waals surface area contributed by atoms with E-state index in [0.29, 0.717) is 11.0 Å². The van der Waals surface area contributed by atoms with E-state index < -0.39 is 0 Å². The molecule has 2 heterocycles. The molecule has 1 aliphatic heterocycles. The van der Waals surface area contributed by atoms with Gasteiger partial charge in [0.2, 0.25) is 0 Å². The van der Waals surface area contributed by atoms with Crippen molar-refractivity contribution in [2.24, 2.45) is 0 Å². The number of rotatable bonds is 4. The quantitative estimate of drug-likeness (QED) is 0.849. The molecular formula is C16H17Cl2N3O. The second-order valence-corrected chi connectivity index (χ2v) is 6.28. The molecule has 4 nitrogen and oxygen atoms in total. The molecule has 22 heavy (non-hydrogen) atoms. The van der Waals surface area contributed by atoms with Gasteiger partial charge in [0.25, 0.3) is 0 Å². The third-order valence-corrected chi connectivity index (χ3v) is 4.17. The van der Waals surface area contributed by atoms with Crippen molar-refractivity contribution in [3.05, 3.63) is 52.3 Å². The highest BCUT2D eigenvalue weighted by Crippen LogP contribution is 2.19. The zero-order valence-electron chi connectivity index (χ0n) is 12.1. The highest BCUT2D eigenvalue weighted by atomic mass is 35.5. The van der Waals surface area contributed by atoms with E-state index in [-0.39, 0.29) is 6.10 Å². The molecule has 1 fully saturated rings. The fourth-order valence-corrected chi connectivity index (χ4v) is 2.77. The largest absolute Gasteiger partial charge is 0.460 e. The fraction of sp³-hybridized carbons (Fsp3) is 0.375. The SMILES string of the molecule is Clc1ccc(CN2CCC(Oc3ncc(Cl)cn3)CC2)cc1. The molecule has 1 saturated heterocycles. The van der Waals surface area contributed by atoms with Crippen molar-refractivity contribution in [2.45, 2.75) is 25.5 Å². The summed E-state index contributed by atoms with van der Waals surface area (Å²) in [6, 6.07) is 8.43. The van der Waals surface area contributed by atoms with Gasteiger partial charge < -0.3 is 4.74 Å². The molecular weight excluding hydrogens is 321 g/mol. The Kier molecular flexibility index (Phi) is 5.13. The molecule has 0 radical (unpaired) electrons. The van der Waals surface area contributed by atoms with Crippen LogP contribution < -0.4 is 4.74 Å². The molecule has 0 amide bonds. The number of piperidine rings is 1. The molecule has 0 aliphatic carbocycles. The second kappa shape index (κ2) is 7.27. The average molecular weight is 338 g/mol. The van der Waals surface area contributed by atoms with Gasteiger partial charge in [0.05, 0.1) is 17.4 Å². The predicted molar refractivity (Wildman–Crippen MR) is 87.4 cm³/mol. The zero-order valence-corrected chi connectivity index (χ0v) is 13.6. The van der Waals surface area contributed by atoms with Crippen LogP contribution in [0.4, 0.5) is 0 Å². The Bertz CT molecular complexity index is 540. The minimum atomic E-state index is 0.169. The van der Waals surface area contributed by atoms with Gasteiger partial charge in [-0.05, 0) is 30.5 Å². The van der Waals surface area contributed by atoms with E-state index in [0.717, 1.165) is 37.5 Å². The Morgan fingerprint density at radius 2 is 1.64 bits per heavy atom. The molecule has 0 N–H and O–H groups in total. The van der Waals surface area contributed by atoms with E-state index in [1.807, 2.05) is 12.1 Å². The summed E-state index contributed by atoms with van der Waals surface area (Å²) in [6.45, 7) is 2.95. The molecule has 2 aromatic rings. The Hall–Kier alpha value is -1.36. The first-order chi connectivity index (χ1) is 10.7.